The summed E-state index contributed by atoms with van der Waals surface area (Å²) in [4.78, 5) is 26.9. The molecule has 0 bridgehead atoms. The molecule has 3 aromatic heterocycles. The van der Waals surface area contributed by atoms with Crippen LogP contribution in [-0.2, 0) is 4.74 Å². The van der Waals surface area contributed by atoms with E-state index in [9.17, 15) is 5.11 Å². The summed E-state index contributed by atoms with van der Waals surface area (Å²) in [5.74, 6) is 2.70. The van der Waals surface area contributed by atoms with Gasteiger partial charge in [0.05, 0.1) is 30.9 Å². The molecule has 11 nitrogen and oxygen atoms in total. The predicted molar refractivity (Wildman–Crippen MR) is 148 cm³/mol. The first-order valence-electron chi connectivity index (χ1n) is 14.1. The second-order valence-electron chi connectivity index (χ2n) is 10.8. The van der Waals surface area contributed by atoms with Gasteiger partial charge in [-0.1, -0.05) is 0 Å². The Morgan fingerprint density at radius 3 is 2.53 bits per heavy atom. The van der Waals surface area contributed by atoms with Crippen LogP contribution < -0.4 is 15.5 Å². The van der Waals surface area contributed by atoms with Gasteiger partial charge in [-0.3, -0.25) is 4.90 Å². The molecular weight excluding hydrogens is 482 g/mol. The fourth-order valence-corrected chi connectivity index (χ4v) is 6.06. The van der Waals surface area contributed by atoms with Crippen LogP contribution in [0.25, 0.3) is 11.2 Å². The minimum Gasteiger partial charge on any atom is -0.396 e. The maximum absolute atomic E-state index is 9.45. The van der Waals surface area contributed by atoms with E-state index in [2.05, 4.69) is 47.5 Å². The van der Waals surface area contributed by atoms with Crippen LogP contribution in [0.15, 0.2) is 18.5 Å². The van der Waals surface area contributed by atoms with Crippen LogP contribution in [0.3, 0.4) is 0 Å². The van der Waals surface area contributed by atoms with Gasteiger partial charge in [-0.2, -0.15) is 9.97 Å². The molecule has 0 radical (unpaired) electrons. The number of nitrogens with zero attached hydrogens (tertiary/aromatic N) is 6. The molecule has 0 amide bonds. The van der Waals surface area contributed by atoms with Crippen molar-refractivity contribution in [2.24, 2.45) is 5.92 Å². The monoisotopic (exact) mass is 521 g/mol. The van der Waals surface area contributed by atoms with Gasteiger partial charge in [-0.25, -0.2) is 9.97 Å². The molecule has 3 fully saturated rings. The van der Waals surface area contributed by atoms with Crippen molar-refractivity contribution in [1.82, 2.24) is 29.8 Å². The quantitative estimate of drug-likeness (QED) is 0.368. The molecule has 4 N–H and O–H groups in total. The highest BCUT2D eigenvalue weighted by atomic mass is 16.5. The first-order chi connectivity index (χ1) is 18.7. The van der Waals surface area contributed by atoms with Crippen molar-refractivity contribution >= 4 is 34.4 Å². The second-order valence-corrected chi connectivity index (χ2v) is 10.8. The number of aromatic nitrogens is 5. The van der Waals surface area contributed by atoms with Crippen molar-refractivity contribution in [3.8, 4) is 0 Å². The summed E-state index contributed by atoms with van der Waals surface area (Å²) in [5, 5.41) is 16.4. The van der Waals surface area contributed by atoms with Gasteiger partial charge in [0.25, 0.3) is 0 Å². The van der Waals surface area contributed by atoms with Gasteiger partial charge in [0.15, 0.2) is 11.5 Å². The fraction of sp³-hybridized carbons (Fsp3) is 0.630. The minimum absolute atomic E-state index is 0.276. The molecule has 2 aliphatic heterocycles. The number of anilines is 4. The molecule has 6 rings (SSSR count). The lowest BCUT2D eigenvalue weighted by atomic mass is 9.86. The van der Waals surface area contributed by atoms with Crippen LogP contribution in [0.5, 0.6) is 0 Å². The lowest BCUT2D eigenvalue weighted by Crippen LogP contribution is -2.49. The molecule has 1 saturated carbocycles. The Kier molecular flexibility index (Phi) is 7.57. The highest BCUT2D eigenvalue weighted by molar-refractivity contribution is 5.84. The smallest absolute Gasteiger partial charge is 0.231 e. The van der Waals surface area contributed by atoms with Crippen molar-refractivity contribution in [2.75, 3.05) is 61.5 Å². The molecule has 0 atom stereocenters. The largest absolute Gasteiger partial charge is 0.396 e. The van der Waals surface area contributed by atoms with Crippen molar-refractivity contribution in [3.05, 3.63) is 24.2 Å². The molecule has 204 valence electrons. The van der Waals surface area contributed by atoms with E-state index >= 15 is 0 Å². The van der Waals surface area contributed by atoms with Crippen molar-refractivity contribution in [2.45, 2.75) is 57.5 Å². The van der Waals surface area contributed by atoms with Gasteiger partial charge in [0, 0.05) is 44.9 Å². The topological polar surface area (TPSA) is 127 Å². The molecule has 5 heterocycles. The van der Waals surface area contributed by atoms with Crippen LogP contribution in [0, 0.1) is 12.8 Å². The third-order valence-electron chi connectivity index (χ3n) is 8.40. The second kappa shape index (κ2) is 11.4. The number of aryl methyl sites for hydroxylation is 1. The van der Waals surface area contributed by atoms with E-state index in [0.29, 0.717) is 29.6 Å². The Morgan fingerprint density at radius 1 is 1.00 bits per heavy atom. The molecule has 3 aliphatic rings. The number of aliphatic hydroxyl groups excluding tert-OH is 1. The number of piperidine rings is 1. The maximum atomic E-state index is 9.45. The fourth-order valence-electron chi connectivity index (χ4n) is 6.06. The summed E-state index contributed by atoms with van der Waals surface area (Å²) in [7, 11) is 0. The number of rotatable bonds is 7. The number of H-pyrrole nitrogens is 1. The summed E-state index contributed by atoms with van der Waals surface area (Å²) in [6.07, 6.45) is 8.06. The number of imidazole rings is 1. The SMILES string of the molecule is Cc1nc(N2CCC(N3CCOCC3)CC2)ccc1Nc1nc(NC2CCC(CO)CC2)c2[nH]cnc2n1. The van der Waals surface area contributed by atoms with Gasteiger partial charge in [-0.15, -0.1) is 0 Å². The van der Waals surface area contributed by atoms with Crippen LogP contribution in [0.1, 0.15) is 44.2 Å². The lowest BCUT2D eigenvalue weighted by molar-refractivity contribution is 0.0115. The zero-order chi connectivity index (χ0) is 25.9. The van der Waals surface area contributed by atoms with Crippen molar-refractivity contribution in [1.29, 1.82) is 0 Å². The Balaban J connectivity index is 1.12. The Hall–Kier alpha value is -3.02. The average Bonchev–Trinajstić information content (AvgIpc) is 3.44. The van der Waals surface area contributed by atoms with E-state index in [1.165, 1.54) is 0 Å². The van der Waals surface area contributed by atoms with Gasteiger partial charge < -0.3 is 30.4 Å². The first-order valence-corrected chi connectivity index (χ1v) is 14.1. The number of hydrogen-bond donors (Lipinski definition) is 4. The van der Waals surface area contributed by atoms with E-state index in [4.69, 9.17) is 14.7 Å². The zero-order valence-corrected chi connectivity index (χ0v) is 22.2. The summed E-state index contributed by atoms with van der Waals surface area (Å²) >= 11 is 0. The molecule has 0 spiro atoms. The molecule has 11 heteroatoms. The van der Waals surface area contributed by atoms with Crippen molar-refractivity contribution < 1.29 is 9.84 Å². The number of aliphatic hydroxyl groups is 1. The van der Waals surface area contributed by atoms with Crippen LogP contribution in [-0.4, -0.2) is 93.0 Å². The number of nitrogens with one attached hydrogen (secondary N) is 3. The zero-order valence-electron chi connectivity index (χ0n) is 22.2. The van der Waals surface area contributed by atoms with E-state index in [0.717, 1.165) is 106 Å². The molecule has 0 aromatic carbocycles. The summed E-state index contributed by atoms with van der Waals surface area (Å²) in [6, 6.07) is 5.14. The highest BCUT2D eigenvalue weighted by Crippen LogP contribution is 2.29. The predicted octanol–water partition coefficient (Wildman–Crippen LogP) is 3.06. The van der Waals surface area contributed by atoms with E-state index < -0.39 is 0 Å². The van der Waals surface area contributed by atoms with Crippen molar-refractivity contribution in [3.63, 3.8) is 0 Å². The molecule has 3 aromatic rings. The van der Waals surface area contributed by atoms with Gasteiger partial charge in [0.1, 0.15) is 11.3 Å². The maximum Gasteiger partial charge on any atom is 0.231 e. The Bertz CT molecular complexity index is 1210. The van der Waals surface area contributed by atoms with E-state index in [1.807, 2.05) is 6.92 Å². The number of pyridine rings is 1. The highest BCUT2D eigenvalue weighted by Gasteiger charge is 2.27. The first kappa shape index (κ1) is 25.3. The molecular formula is C27H39N9O2. The standard InChI is InChI=1S/C27H39N9O2/c1-18-22(6-7-23(30-18)36-10-8-21(9-11-36)35-12-14-38-15-13-35)32-27-33-25-24(28-17-29-25)26(34-27)31-20-4-2-19(16-37)3-5-20/h6-7,17,19-21,37H,2-5,8-16H2,1H3,(H3,28,29,31,32,33,34). The number of ether oxygens (including phenoxy) is 1. The molecule has 0 unspecified atom stereocenters. The van der Waals surface area contributed by atoms with Crippen LogP contribution in [0.4, 0.5) is 23.3 Å². The number of aromatic amines is 1. The third kappa shape index (κ3) is 5.55. The van der Waals surface area contributed by atoms with Gasteiger partial charge in [0.2, 0.25) is 5.95 Å². The minimum atomic E-state index is 0.276. The molecule has 2 saturated heterocycles. The number of hydrogen-bond acceptors (Lipinski definition) is 10. The molecule has 1 aliphatic carbocycles. The number of fused-ring (bicyclic) bond motifs is 1. The van der Waals surface area contributed by atoms with Crippen LogP contribution in [0.2, 0.25) is 0 Å². The Morgan fingerprint density at radius 2 is 1.79 bits per heavy atom. The summed E-state index contributed by atoms with van der Waals surface area (Å²) in [6.45, 7) is 8.17. The Labute approximate surface area is 223 Å². The van der Waals surface area contributed by atoms with Crippen LogP contribution >= 0.6 is 0 Å². The average molecular weight is 522 g/mol. The van der Waals surface area contributed by atoms with E-state index in [1.54, 1.807) is 6.33 Å². The van der Waals surface area contributed by atoms with E-state index in [-0.39, 0.29) is 6.61 Å². The number of morpholine rings is 1. The third-order valence-corrected chi connectivity index (χ3v) is 8.40. The summed E-state index contributed by atoms with van der Waals surface area (Å²) in [5.41, 5.74) is 3.24. The van der Waals surface area contributed by atoms with Gasteiger partial charge in [-0.05, 0) is 63.5 Å². The summed E-state index contributed by atoms with van der Waals surface area (Å²) < 4.78 is 5.52. The lowest BCUT2D eigenvalue weighted by Gasteiger charge is -2.40. The van der Waals surface area contributed by atoms with Gasteiger partial charge >= 0.3 is 0 Å². The molecule has 38 heavy (non-hydrogen) atoms. The normalized spacial score (nSPS) is 23.6.